The lowest BCUT2D eigenvalue weighted by atomic mass is 9.81. The number of thioether (sulfide) groups is 1. The molecule has 0 saturated carbocycles. The Balaban J connectivity index is 2.42. The summed E-state index contributed by atoms with van der Waals surface area (Å²) in [6, 6.07) is 7.27. The summed E-state index contributed by atoms with van der Waals surface area (Å²) < 4.78 is 10.8. The van der Waals surface area contributed by atoms with Crippen LogP contribution in [0.4, 0.5) is 0 Å². The fourth-order valence-corrected chi connectivity index (χ4v) is 4.43. The molecule has 0 radical (unpaired) electrons. The van der Waals surface area contributed by atoms with Gasteiger partial charge in [-0.1, -0.05) is 28.1 Å². The molecule has 0 unspecified atom stereocenters. The summed E-state index contributed by atoms with van der Waals surface area (Å²) >= 11 is 5.12. The molecule has 0 bridgehead atoms. The van der Waals surface area contributed by atoms with Crippen molar-refractivity contribution in [1.82, 2.24) is 5.32 Å². The van der Waals surface area contributed by atoms with Crippen LogP contribution in [0, 0.1) is 11.8 Å². The third-order valence-electron chi connectivity index (χ3n) is 4.89. The molecule has 1 aliphatic heterocycles. The number of hydrogen-bond donors (Lipinski definition) is 1. The van der Waals surface area contributed by atoms with Crippen LogP contribution in [0.2, 0.25) is 0 Å². The molecule has 7 heteroatoms. The number of esters is 2. The Labute approximate surface area is 180 Å². The molecule has 4 atom stereocenters. The number of halogens is 1. The van der Waals surface area contributed by atoms with Crippen LogP contribution in [0.1, 0.15) is 45.2 Å². The summed E-state index contributed by atoms with van der Waals surface area (Å²) in [4.78, 5) is 26.8. The number of alkyl halides is 1. The number of carbonyl (C=O) groups is 2. The van der Waals surface area contributed by atoms with Gasteiger partial charge in [0.2, 0.25) is 0 Å². The minimum atomic E-state index is -0.590. The van der Waals surface area contributed by atoms with Gasteiger partial charge in [0.15, 0.2) is 0 Å². The first-order chi connectivity index (χ1) is 13.2. The molecule has 0 aromatic heterocycles. The number of ether oxygens (including phenoxy) is 2. The van der Waals surface area contributed by atoms with Gasteiger partial charge in [0.05, 0.1) is 13.0 Å². The van der Waals surface area contributed by atoms with E-state index in [1.165, 1.54) is 7.11 Å². The highest BCUT2D eigenvalue weighted by Crippen LogP contribution is 2.42. The average molecular weight is 472 g/mol. The van der Waals surface area contributed by atoms with Gasteiger partial charge in [-0.05, 0) is 57.6 Å². The molecular weight excluding hydrogens is 442 g/mol. The number of nitrogens with one attached hydrogen (secondary N) is 1. The molecule has 0 amide bonds. The Morgan fingerprint density at radius 3 is 2.32 bits per heavy atom. The maximum Gasteiger partial charge on any atom is 0.323 e. The lowest BCUT2D eigenvalue weighted by Gasteiger charge is -2.28. The second kappa shape index (κ2) is 10.1. The smallest absolute Gasteiger partial charge is 0.323 e. The van der Waals surface area contributed by atoms with Gasteiger partial charge in [-0.15, -0.1) is 11.8 Å². The predicted octanol–water partition coefficient (Wildman–Crippen LogP) is 4.34. The van der Waals surface area contributed by atoms with Crippen LogP contribution in [-0.4, -0.2) is 42.3 Å². The van der Waals surface area contributed by atoms with E-state index in [-0.39, 0.29) is 23.9 Å². The molecule has 1 aliphatic rings. The van der Waals surface area contributed by atoms with E-state index in [1.807, 2.05) is 51.3 Å². The van der Waals surface area contributed by atoms with E-state index >= 15 is 0 Å². The second-order valence-corrected chi connectivity index (χ2v) is 9.65. The molecule has 1 N–H and O–H groups in total. The van der Waals surface area contributed by atoms with E-state index in [4.69, 9.17) is 9.47 Å². The Hall–Kier alpha value is -1.05. The zero-order chi connectivity index (χ0) is 20.9. The maximum absolute atomic E-state index is 13.2. The van der Waals surface area contributed by atoms with Crippen molar-refractivity contribution >= 4 is 39.6 Å². The SMILES string of the molecule is COC(=O)[C@@H]1N[C@H](c2ccc(SC)cc2)[C@@H](C(=O)OC(C)(C)C)[C@@H]1CCCBr. The minimum absolute atomic E-state index is 0.190. The standard InChI is InChI=1S/C21H30BrNO4S/c1-21(2,3)27-19(24)16-15(7-6-12-22)18(20(25)26-4)23-17(16)13-8-10-14(28-5)11-9-13/h8-11,15-18,23H,6-7,12H2,1-5H3/t15-,16-,17+,18+/m0/s1. The van der Waals surface area contributed by atoms with Crippen molar-refractivity contribution in [2.75, 3.05) is 18.7 Å². The molecular formula is C21H30BrNO4S. The molecule has 0 aliphatic carbocycles. The van der Waals surface area contributed by atoms with Gasteiger partial charge in [0, 0.05) is 22.2 Å². The monoisotopic (exact) mass is 471 g/mol. The third-order valence-corrected chi connectivity index (χ3v) is 6.19. The van der Waals surface area contributed by atoms with Crippen LogP contribution < -0.4 is 5.32 Å². The van der Waals surface area contributed by atoms with E-state index in [1.54, 1.807) is 11.8 Å². The van der Waals surface area contributed by atoms with Crippen molar-refractivity contribution in [2.24, 2.45) is 11.8 Å². The van der Waals surface area contributed by atoms with Gasteiger partial charge < -0.3 is 9.47 Å². The van der Waals surface area contributed by atoms with Gasteiger partial charge in [-0.3, -0.25) is 14.9 Å². The van der Waals surface area contributed by atoms with E-state index in [0.29, 0.717) is 0 Å². The van der Waals surface area contributed by atoms with Crippen molar-refractivity contribution in [3.8, 4) is 0 Å². The second-order valence-electron chi connectivity index (χ2n) is 7.97. The number of hydrogen-bond acceptors (Lipinski definition) is 6. The fourth-order valence-electron chi connectivity index (χ4n) is 3.70. The Kier molecular flexibility index (Phi) is 8.40. The summed E-state index contributed by atoms with van der Waals surface area (Å²) in [5.74, 6) is -1.26. The van der Waals surface area contributed by atoms with E-state index < -0.39 is 17.6 Å². The van der Waals surface area contributed by atoms with E-state index in [2.05, 4.69) is 21.2 Å². The fraction of sp³-hybridized carbons (Fsp3) is 0.619. The summed E-state index contributed by atoms with van der Waals surface area (Å²) in [6.07, 6.45) is 3.61. The number of benzene rings is 1. The predicted molar refractivity (Wildman–Crippen MR) is 116 cm³/mol. The highest BCUT2D eigenvalue weighted by atomic mass is 79.9. The van der Waals surface area contributed by atoms with E-state index in [9.17, 15) is 9.59 Å². The lowest BCUT2D eigenvalue weighted by Crippen LogP contribution is -2.38. The minimum Gasteiger partial charge on any atom is -0.468 e. The van der Waals surface area contributed by atoms with Gasteiger partial charge in [0.1, 0.15) is 11.6 Å². The van der Waals surface area contributed by atoms with Crippen LogP contribution in [0.15, 0.2) is 29.2 Å². The first-order valence-electron chi connectivity index (χ1n) is 9.48. The lowest BCUT2D eigenvalue weighted by molar-refractivity contribution is -0.162. The molecule has 1 saturated heterocycles. The van der Waals surface area contributed by atoms with Gasteiger partial charge >= 0.3 is 11.9 Å². The molecule has 5 nitrogen and oxygen atoms in total. The maximum atomic E-state index is 13.2. The Morgan fingerprint density at radius 2 is 1.82 bits per heavy atom. The van der Waals surface area contributed by atoms with Gasteiger partial charge in [-0.25, -0.2) is 0 Å². The Morgan fingerprint density at radius 1 is 1.18 bits per heavy atom. The third kappa shape index (κ3) is 5.74. The number of carbonyl (C=O) groups excluding carboxylic acids is 2. The summed E-state index contributed by atoms with van der Waals surface area (Å²) in [6.45, 7) is 5.59. The first-order valence-corrected chi connectivity index (χ1v) is 11.8. The van der Waals surface area contributed by atoms with Crippen molar-refractivity contribution in [1.29, 1.82) is 0 Å². The molecule has 1 heterocycles. The van der Waals surface area contributed by atoms with Gasteiger partial charge in [-0.2, -0.15) is 0 Å². The molecule has 1 fully saturated rings. The molecule has 1 aromatic rings. The van der Waals surface area contributed by atoms with Crippen LogP contribution in [0.3, 0.4) is 0 Å². The summed E-state index contributed by atoms with van der Waals surface area (Å²) in [5, 5.41) is 4.18. The molecule has 1 aromatic carbocycles. The zero-order valence-corrected chi connectivity index (χ0v) is 19.6. The van der Waals surface area contributed by atoms with Crippen LogP contribution in [0.5, 0.6) is 0 Å². The van der Waals surface area contributed by atoms with Crippen LogP contribution in [0.25, 0.3) is 0 Å². The molecule has 156 valence electrons. The van der Waals surface area contributed by atoms with Gasteiger partial charge in [0.25, 0.3) is 0 Å². The topological polar surface area (TPSA) is 64.6 Å². The normalized spacial score (nSPS) is 24.8. The average Bonchev–Trinajstić information content (AvgIpc) is 3.04. The highest BCUT2D eigenvalue weighted by molar-refractivity contribution is 9.09. The van der Waals surface area contributed by atoms with Crippen molar-refractivity contribution in [3.05, 3.63) is 29.8 Å². The zero-order valence-electron chi connectivity index (χ0n) is 17.2. The quantitative estimate of drug-likeness (QED) is 0.362. The molecule has 2 rings (SSSR count). The number of methoxy groups -OCH3 is 1. The molecule has 28 heavy (non-hydrogen) atoms. The van der Waals surface area contributed by atoms with Crippen molar-refractivity contribution in [3.63, 3.8) is 0 Å². The largest absolute Gasteiger partial charge is 0.468 e. The summed E-state index contributed by atoms with van der Waals surface area (Å²) in [7, 11) is 1.38. The number of rotatable bonds is 7. The molecule has 0 spiro atoms. The van der Waals surface area contributed by atoms with E-state index in [0.717, 1.165) is 28.6 Å². The van der Waals surface area contributed by atoms with Crippen molar-refractivity contribution in [2.45, 2.75) is 56.2 Å². The summed E-state index contributed by atoms with van der Waals surface area (Å²) in [5.41, 5.74) is 0.386. The highest BCUT2D eigenvalue weighted by Gasteiger charge is 2.51. The van der Waals surface area contributed by atoms with Crippen LogP contribution >= 0.6 is 27.7 Å². The van der Waals surface area contributed by atoms with Crippen LogP contribution in [-0.2, 0) is 19.1 Å². The Bertz CT molecular complexity index is 674. The van der Waals surface area contributed by atoms with Crippen molar-refractivity contribution < 1.29 is 19.1 Å². The first kappa shape index (κ1) is 23.2.